The quantitative estimate of drug-likeness (QED) is 0.160. The first-order chi connectivity index (χ1) is 28.6. The van der Waals surface area contributed by atoms with E-state index in [2.05, 4.69) is 150 Å². The van der Waals surface area contributed by atoms with Crippen LogP contribution in [0.1, 0.15) is 32.7 Å². The van der Waals surface area contributed by atoms with Gasteiger partial charge >= 0.3 is 0 Å². The first-order valence-corrected chi connectivity index (χ1v) is 25.1. The summed E-state index contributed by atoms with van der Waals surface area (Å²) >= 11 is 12.6. The minimum Gasteiger partial charge on any atom is -0.344 e. The molecule has 0 spiro atoms. The van der Waals surface area contributed by atoms with Crippen LogP contribution in [0.4, 0.5) is 0 Å². The number of hydrogen-bond donors (Lipinski definition) is 0. The number of benzene rings is 3. The van der Waals surface area contributed by atoms with Crippen molar-refractivity contribution >= 4 is 113 Å². The average Bonchev–Trinajstić information content (AvgIpc) is 4.08. The van der Waals surface area contributed by atoms with E-state index in [1.165, 1.54) is 125 Å². The topological polar surface area (TPSA) is 30.7 Å². The lowest BCUT2D eigenvalue weighted by molar-refractivity contribution is 1.01. The molecule has 0 atom stereocenters. The van der Waals surface area contributed by atoms with Gasteiger partial charge < -0.3 is 4.57 Å². The smallest absolute Gasteiger partial charge is 0.114 e. The fraction of sp³-hybridized carbons (Fsp3) is 0.143. The molecule has 8 aromatic heterocycles. The van der Waals surface area contributed by atoms with Gasteiger partial charge in [0.1, 0.15) is 11.0 Å². The van der Waals surface area contributed by atoms with Crippen molar-refractivity contribution in [2.24, 2.45) is 7.05 Å². The van der Waals surface area contributed by atoms with Crippen molar-refractivity contribution in [3.8, 4) is 70.3 Å². The van der Waals surface area contributed by atoms with Gasteiger partial charge in [-0.05, 0) is 136 Å². The minimum atomic E-state index is 0.986. The Labute approximate surface area is 371 Å². The van der Waals surface area contributed by atoms with Crippen LogP contribution in [0.5, 0.6) is 0 Å². The number of aromatic nitrogens is 3. The number of nitrogens with zero attached hydrogens (tertiary/aromatic N) is 3. The molecule has 11 rings (SSSR count). The monoisotopic (exact) mass is 891 g/mol. The maximum atomic E-state index is 4.89. The highest BCUT2D eigenvalue weighted by Gasteiger charge is 2.21. The van der Waals surface area contributed by atoms with Crippen molar-refractivity contribution in [2.75, 3.05) is 0 Å². The molecule has 0 aliphatic heterocycles. The summed E-state index contributed by atoms with van der Waals surface area (Å²) in [4.78, 5) is 15.8. The van der Waals surface area contributed by atoms with Crippen LogP contribution in [0.25, 0.3) is 103 Å². The predicted molar refractivity (Wildman–Crippen MR) is 265 cm³/mol. The largest absolute Gasteiger partial charge is 0.344 e. The Morgan fingerprint density at radius 3 is 1.39 bits per heavy atom. The van der Waals surface area contributed by atoms with Gasteiger partial charge in [-0.2, -0.15) is 8.75 Å². The lowest BCUT2D eigenvalue weighted by Crippen LogP contribution is -1.87. The molecular weight excluding hydrogens is 855 g/mol. The molecule has 3 aromatic carbocycles. The van der Waals surface area contributed by atoms with E-state index in [0.717, 1.165) is 22.2 Å². The Balaban J connectivity index is 0.881. The van der Waals surface area contributed by atoms with Crippen molar-refractivity contribution in [3.05, 3.63) is 130 Å². The molecule has 0 unspecified atom stereocenters. The van der Waals surface area contributed by atoms with Crippen LogP contribution in [0.3, 0.4) is 0 Å². The molecule has 0 N–H and O–H groups in total. The average molecular weight is 892 g/mol. The van der Waals surface area contributed by atoms with Crippen LogP contribution >= 0.6 is 79.7 Å². The molecule has 0 bridgehead atoms. The van der Waals surface area contributed by atoms with Crippen molar-refractivity contribution in [1.82, 2.24) is 13.3 Å². The zero-order valence-electron chi connectivity index (χ0n) is 33.4. The van der Waals surface area contributed by atoms with Crippen molar-refractivity contribution in [3.63, 3.8) is 0 Å². The Morgan fingerprint density at radius 1 is 0.407 bits per heavy atom. The van der Waals surface area contributed by atoms with Crippen LogP contribution in [-0.4, -0.2) is 13.3 Å². The van der Waals surface area contributed by atoms with Gasteiger partial charge in [-0.15, -0.1) is 68.0 Å². The predicted octanol–water partition coefficient (Wildman–Crippen LogP) is 17.2. The fourth-order valence-corrected chi connectivity index (χ4v) is 16.2. The normalized spacial score (nSPS) is 12.0. The second kappa shape index (κ2) is 14.3. The van der Waals surface area contributed by atoms with Crippen molar-refractivity contribution in [1.29, 1.82) is 0 Å². The number of aryl methyl sites for hydroxylation is 7. The third-order valence-corrected chi connectivity index (χ3v) is 19.7. The highest BCUT2D eigenvalue weighted by molar-refractivity contribution is 7.28. The van der Waals surface area contributed by atoms with Crippen LogP contribution < -0.4 is 0 Å². The summed E-state index contributed by atoms with van der Waals surface area (Å²) in [5.41, 5.74) is 14.7. The minimum absolute atomic E-state index is 0.986. The Kier molecular flexibility index (Phi) is 9.09. The van der Waals surface area contributed by atoms with Gasteiger partial charge in [-0.25, -0.2) is 0 Å². The molecule has 0 saturated heterocycles. The second-order valence-corrected chi connectivity index (χ2v) is 22.6. The number of thiophene rings is 6. The van der Waals surface area contributed by atoms with Gasteiger partial charge in [0.05, 0.1) is 11.7 Å². The molecule has 0 saturated carbocycles. The standard InChI is InChI=1S/C49H37N3S7/c1-24-8-10-31-32-11-9-30(23-36(32)52(7)35(31)18-24)41-20-26(3)47(56-41)38-16-17-40(55-38)49-28(5)22-43(58-49)34-13-12-33(44-45(34)51-59-50-44)42-21-27(4)48(57-42)39-15-14-37(54-39)46-25(2)19-29(6)53-46/h8-23H,1-7H3. The van der Waals surface area contributed by atoms with Gasteiger partial charge in [0.15, 0.2) is 0 Å². The van der Waals surface area contributed by atoms with Gasteiger partial charge in [0, 0.05) is 98.5 Å². The Hall–Kier alpha value is -4.52. The fourth-order valence-electron chi connectivity index (χ4n) is 8.37. The van der Waals surface area contributed by atoms with Gasteiger partial charge in [-0.1, -0.05) is 36.4 Å². The Bertz CT molecular complexity index is 3440. The SMILES string of the molecule is Cc1ccc2c3ccc(-c4cc(C)c(-c5ccc(-c6sc(-c7ccc(-c8cc(C)c(-c9ccc(-c%10sc(C)cc%10C)s9)s8)c8nsnc78)cc6C)s5)s4)cc3n(C)c2c1. The lowest BCUT2D eigenvalue weighted by Gasteiger charge is -2.03. The third-order valence-electron chi connectivity index (χ3n) is 11.3. The summed E-state index contributed by atoms with van der Waals surface area (Å²) in [7, 11) is 2.19. The van der Waals surface area contributed by atoms with Gasteiger partial charge in [-0.3, -0.25) is 0 Å². The van der Waals surface area contributed by atoms with E-state index in [1.807, 2.05) is 68.0 Å². The summed E-state index contributed by atoms with van der Waals surface area (Å²) in [6.45, 7) is 13.3. The summed E-state index contributed by atoms with van der Waals surface area (Å²) in [5, 5.41) is 2.63. The van der Waals surface area contributed by atoms with E-state index in [1.54, 1.807) is 0 Å². The maximum absolute atomic E-state index is 4.89. The van der Waals surface area contributed by atoms with Gasteiger partial charge in [0.2, 0.25) is 0 Å². The molecule has 0 fully saturated rings. The lowest BCUT2D eigenvalue weighted by atomic mass is 10.0. The van der Waals surface area contributed by atoms with Crippen molar-refractivity contribution in [2.45, 2.75) is 41.5 Å². The summed E-state index contributed by atoms with van der Waals surface area (Å²) in [6, 6.07) is 36.8. The van der Waals surface area contributed by atoms with Crippen LogP contribution in [0, 0.1) is 41.5 Å². The van der Waals surface area contributed by atoms with Crippen LogP contribution in [0.2, 0.25) is 0 Å². The molecule has 11 aromatic rings. The van der Waals surface area contributed by atoms with Crippen molar-refractivity contribution < 1.29 is 0 Å². The molecule has 0 aliphatic carbocycles. The van der Waals surface area contributed by atoms with E-state index in [-0.39, 0.29) is 0 Å². The molecule has 0 aliphatic rings. The number of hydrogen-bond acceptors (Lipinski definition) is 9. The summed E-state index contributed by atoms with van der Waals surface area (Å²) in [6.07, 6.45) is 0. The molecule has 8 heterocycles. The molecular formula is C49H37N3S7. The maximum Gasteiger partial charge on any atom is 0.114 e. The third kappa shape index (κ3) is 6.26. The molecule has 0 radical (unpaired) electrons. The molecule has 290 valence electrons. The van der Waals surface area contributed by atoms with E-state index >= 15 is 0 Å². The second-order valence-electron chi connectivity index (χ2n) is 15.5. The van der Waals surface area contributed by atoms with Crippen LogP contribution in [-0.2, 0) is 7.05 Å². The van der Waals surface area contributed by atoms with E-state index in [9.17, 15) is 0 Å². The highest BCUT2D eigenvalue weighted by Crippen LogP contribution is 2.49. The zero-order chi connectivity index (χ0) is 40.3. The van der Waals surface area contributed by atoms with Crippen LogP contribution in [0.15, 0.2) is 97.1 Å². The number of fused-ring (bicyclic) bond motifs is 4. The number of rotatable bonds is 7. The Morgan fingerprint density at radius 2 is 0.864 bits per heavy atom. The summed E-state index contributed by atoms with van der Waals surface area (Å²) in [5.74, 6) is 0. The van der Waals surface area contributed by atoms with E-state index < -0.39 is 0 Å². The highest BCUT2D eigenvalue weighted by atomic mass is 32.1. The molecule has 59 heavy (non-hydrogen) atoms. The van der Waals surface area contributed by atoms with Gasteiger partial charge in [0.25, 0.3) is 0 Å². The first kappa shape index (κ1) is 37.5. The zero-order valence-corrected chi connectivity index (χ0v) is 39.2. The summed E-state index contributed by atoms with van der Waals surface area (Å²) < 4.78 is 12.1. The molecule has 10 heteroatoms. The molecule has 0 amide bonds. The molecule has 3 nitrogen and oxygen atoms in total. The van der Waals surface area contributed by atoms with E-state index in [0.29, 0.717) is 0 Å². The first-order valence-electron chi connectivity index (χ1n) is 19.4. The van der Waals surface area contributed by atoms with E-state index in [4.69, 9.17) is 8.75 Å².